The first kappa shape index (κ1) is 14.0. The molecule has 0 N–H and O–H groups in total. The van der Waals surface area contributed by atoms with Crippen LogP contribution in [0, 0.1) is 0 Å². The molecule has 0 aliphatic heterocycles. The van der Waals surface area contributed by atoms with E-state index in [2.05, 4.69) is 0 Å². The molecule has 2 aromatic rings. The standard InChI is InChI=1S/C17H17NO2/c1-18(13-19)16-10-8-15(9-11-16)17(20)12-7-14-5-3-2-4-6-14/h2-6,8-11,13H,7,12H2,1H3. The molecule has 0 saturated heterocycles. The maximum Gasteiger partial charge on any atom is 0.213 e. The normalized spacial score (nSPS) is 10.1. The van der Waals surface area contributed by atoms with Crippen LogP contribution in [0.25, 0.3) is 0 Å². The van der Waals surface area contributed by atoms with Crippen molar-refractivity contribution in [2.75, 3.05) is 11.9 Å². The Bertz CT molecular complexity index is 576. The summed E-state index contributed by atoms with van der Waals surface area (Å²) in [7, 11) is 1.68. The van der Waals surface area contributed by atoms with Crippen molar-refractivity contribution in [1.82, 2.24) is 0 Å². The zero-order valence-corrected chi connectivity index (χ0v) is 11.5. The van der Waals surface area contributed by atoms with Crippen LogP contribution in [0.1, 0.15) is 22.3 Å². The lowest BCUT2D eigenvalue weighted by atomic mass is 10.0. The lowest BCUT2D eigenvalue weighted by molar-refractivity contribution is -0.107. The van der Waals surface area contributed by atoms with Crippen molar-refractivity contribution in [2.24, 2.45) is 0 Å². The van der Waals surface area contributed by atoms with Crippen molar-refractivity contribution in [2.45, 2.75) is 12.8 Å². The first-order valence-electron chi connectivity index (χ1n) is 6.56. The minimum Gasteiger partial charge on any atom is -0.318 e. The number of carbonyl (C=O) groups excluding carboxylic acids is 2. The summed E-state index contributed by atoms with van der Waals surface area (Å²) in [4.78, 5) is 24.2. The summed E-state index contributed by atoms with van der Waals surface area (Å²) >= 11 is 0. The van der Waals surface area contributed by atoms with Crippen molar-refractivity contribution in [3.05, 3.63) is 65.7 Å². The van der Waals surface area contributed by atoms with Gasteiger partial charge in [0.1, 0.15) is 0 Å². The molecule has 3 heteroatoms. The second kappa shape index (κ2) is 6.66. The molecule has 0 aliphatic rings. The number of benzene rings is 2. The fourth-order valence-corrected chi connectivity index (χ4v) is 1.99. The minimum absolute atomic E-state index is 0.120. The fourth-order valence-electron chi connectivity index (χ4n) is 1.99. The van der Waals surface area contributed by atoms with Crippen LogP contribution in [0.5, 0.6) is 0 Å². The molecule has 3 nitrogen and oxygen atoms in total. The van der Waals surface area contributed by atoms with Gasteiger partial charge in [-0.05, 0) is 36.2 Å². The predicted octanol–water partition coefficient (Wildman–Crippen LogP) is 3.09. The van der Waals surface area contributed by atoms with Gasteiger partial charge in [-0.25, -0.2) is 0 Å². The van der Waals surface area contributed by atoms with E-state index in [4.69, 9.17) is 0 Å². The number of Topliss-reactive ketones (excluding diaryl/α,β-unsaturated/α-hetero) is 1. The van der Waals surface area contributed by atoms with Gasteiger partial charge >= 0.3 is 0 Å². The third-order valence-electron chi connectivity index (χ3n) is 3.24. The molecule has 0 unspecified atom stereocenters. The molecule has 0 saturated carbocycles. The van der Waals surface area contributed by atoms with Crippen LogP contribution in [0.2, 0.25) is 0 Å². The third-order valence-corrected chi connectivity index (χ3v) is 3.24. The molecule has 2 aromatic carbocycles. The lowest BCUT2D eigenvalue weighted by Gasteiger charge is -2.10. The summed E-state index contributed by atoms with van der Waals surface area (Å²) in [5.41, 5.74) is 2.63. The summed E-state index contributed by atoms with van der Waals surface area (Å²) in [6, 6.07) is 17.1. The molecule has 0 spiro atoms. The second-order valence-electron chi connectivity index (χ2n) is 4.67. The van der Waals surface area contributed by atoms with E-state index in [1.807, 2.05) is 30.3 Å². The predicted molar refractivity (Wildman–Crippen MR) is 80.0 cm³/mol. The first-order valence-corrected chi connectivity index (χ1v) is 6.56. The SMILES string of the molecule is CN(C=O)c1ccc(C(=O)CCc2ccccc2)cc1. The minimum atomic E-state index is 0.120. The number of aryl methyl sites for hydroxylation is 1. The Balaban J connectivity index is 1.97. The highest BCUT2D eigenvalue weighted by atomic mass is 16.1. The van der Waals surface area contributed by atoms with Crippen molar-refractivity contribution in [3.8, 4) is 0 Å². The zero-order chi connectivity index (χ0) is 14.4. The largest absolute Gasteiger partial charge is 0.318 e. The van der Waals surface area contributed by atoms with Gasteiger partial charge in [0, 0.05) is 24.7 Å². The quantitative estimate of drug-likeness (QED) is 0.595. The molecule has 0 fully saturated rings. The van der Waals surface area contributed by atoms with Crippen LogP contribution in [-0.4, -0.2) is 19.2 Å². The Hall–Kier alpha value is -2.42. The molecule has 0 radical (unpaired) electrons. The Morgan fingerprint density at radius 1 is 1.05 bits per heavy atom. The van der Waals surface area contributed by atoms with E-state index in [0.717, 1.165) is 24.1 Å². The number of hydrogen-bond acceptors (Lipinski definition) is 2. The van der Waals surface area contributed by atoms with E-state index >= 15 is 0 Å². The van der Waals surface area contributed by atoms with Crippen LogP contribution in [0.4, 0.5) is 5.69 Å². The van der Waals surface area contributed by atoms with E-state index in [-0.39, 0.29) is 5.78 Å². The number of rotatable bonds is 6. The zero-order valence-electron chi connectivity index (χ0n) is 11.5. The van der Waals surface area contributed by atoms with E-state index in [1.165, 1.54) is 4.90 Å². The molecular formula is C17H17NO2. The maximum atomic E-state index is 12.1. The molecule has 2 rings (SSSR count). The third kappa shape index (κ3) is 3.54. The van der Waals surface area contributed by atoms with Gasteiger partial charge in [0.15, 0.2) is 5.78 Å². The molecule has 0 bridgehead atoms. The van der Waals surface area contributed by atoms with Gasteiger partial charge in [0.25, 0.3) is 0 Å². The van der Waals surface area contributed by atoms with Crippen LogP contribution in [-0.2, 0) is 11.2 Å². The van der Waals surface area contributed by atoms with Gasteiger partial charge in [-0.1, -0.05) is 30.3 Å². The van der Waals surface area contributed by atoms with Crippen LogP contribution < -0.4 is 4.90 Å². The number of amides is 1. The molecule has 20 heavy (non-hydrogen) atoms. The topological polar surface area (TPSA) is 37.4 Å². The highest BCUT2D eigenvalue weighted by Crippen LogP contribution is 2.14. The Morgan fingerprint density at radius 2 is 1.70 bits per heavy atom. The van der Waals surface area contributed by atoms with Gasteiger partial charge in [0.2, 0.25) is 6.41 Å². The van der Waals surface area contributed by atoms with Crippen molar-refractivity contribution < 1.29 is 9.59 Å². The number of hydrogen-bond donors (Lipinski definition) is 0. The first-order chi connectivity index (χ1) is 9.70. The van der Waals surface area contributed by atoms with Gasteiger partial charge in [0.05, 0.1) is 0 Å². The monoisotopic (exact) mass is 267 g/mol. The van der Waals surface area contributed by atoms with Crippen LogP contribution in [0.3, 0.4) is 0 Å². The molecule has 1 amide bonds. The Kier molecular flexibility index (Phi) is 4.66. The van der Waals surface area contributed by atoms with Crippen molar-refractivity contribution in [3.63, 3.8) is 0 Å². The highest BCUT2D eigenvalue weighted by Gasteiger charge is 2.07. The smallest absolute Gasteiger partial charge is 0.213 e. The summed E-state index contributed by atoms with van der Waals surface area (Å²) < 4.78 is 0. The van der Waals surface area contributed by atoms with Gasteiger partial charge < -0.3 is 4.90 Å². The van der Waals surface area contributed by atoms with Crippen molar-refractivity contribution >= 4 is 17.9 Å². The molecule has 102 valence electrons. The van der Waals surface area contributed by atoms with Crippen LogP contribution >= 0.6 is 0 Å². The van der Waals surface area contributed by atoms with E-state index < -0.39 is 0 Å². The molecule has 0 aliphatic carbocycles. The van der Waals surface area contributed by atoms with E-state index in [1.54, 1.807) is 31.3 Å². The number of carbonyl (C=O) groups is 2. The molecule has 0 heterocycles. The summed E-state index contributed by atoms with van der Waals surface area (Å²) in [5.74, 6) is 0.120. The Labute approximate surface area is 118 Å². The summed E-state index contributed by atoms with van der Waals surface area (Å²) in [5, 5.41) is 0. The van der Waals surface area contributed by atoms with E-state index in [0.29, 0.717) is 12.0 Å². The average molecular weight is 267 g/mol. The van der Waals surface area contributed by atoms with Crippen molar-refractivity contribution in [1.29, 1.82) is 0 Å². The maximum absolute atomic E-state index is 12.1. The van der Waals surface area contributed by atoms with Gasteiger partial charge in [-0.15, -0.1) is 0 Å². The number of ketones is 1. The average Bonchev–Trinajstić information content (AvgIpc) is 2.53. The van der Waals surface area contributed by atoms with Crippen LogP contribution in [0.15, 0.2) is 54.6 Å². The second-order valence-corrected chi connectivity index (χ2v) is 4.67. The molecular weight excluding hydrogens is 250 g/mol. The van der Waals surface area contributed by atoms with Gasteiger partial charge in [-0.2, -0.15) is 0 Å². The van der Waals surface area contributed by atoms with E-state index in [9.17, 15) is 9.59 Å². The number of anilines is 1. The fraction of sp³-hybridized carbons (Fsp3) is 0.176. The highest BCUT2D eigenvalue weighted by molar-refractivity contribution is 5.96. The Morgan fingerprint density at radius 3 is 2.30 bits per heavy atom. The molecule has 0 atom stereocenters. The number of nitrogens with zero attached hydrogens (tertiary/aromatic N) is 1. The summed E-state index contributed by atoms with van der Waals surface area (Å²) in [6.45, 7) is 0. The van der Waals surface area contributed by atoms with Gasteiger partial charge in [-0.3, -0.25) is 9.59 Å². The summed E-state index contributed by atoms with van der Waals surface area (Å²) in [6.07, 6.45) is 1.98. The molecule has 0 aromatic heterocycles. The lowest BCUT2D eigenvalue weighted by Crippen LogP contribution is -2.13.